The van der Waals surface area contributed by atoms with E-state index >= 15 is 0 Å². The fourth-order valence-electron chi connectivity index (χ4n) is 0.920. The Morgan fingerprint density at radius 1 is 1.25 bits per heavy atom. The third kappa shape index (κ3) is 3.30. The standard InChI is InChI=1S/C9H16N2S/c1-7-10-11-8(12-7)5-6-9(2,3)4/h5-6H2,1-4H3. The second-order valence-electron chi connectivity index (χ2n) is 4.28. The van der Waals surface area contributed by atoms with Crippen LogP contribution in [0.25, 0.3) is 0 Å². The second-order valence-corrected chi connectivity index (χ2v) is 5.54. The number of aromatic nitrogens is 2. The molecule has 1 aromatic heterocycles. The first-order chi connectivity index (χ1) is 5.47. The molecule has 0 amide bonds. The van der Waals surface area contributed by atoms with Gasteiger partial charge in [0.25, 0.3) is 0 Å². The summed E-state index contributed by atoms with van der Waals surface area (Å²) in [6.45, 7) is 8.75. The van der Waals surface area contributed by atoms with Crippen molar-refractivity contribution < 1.29 is 0 Å². The smallest absolute Gasteiger partial charge is 0.117 e. The Bertz CT molecular complexity index is 247. The minimum Gasteiger partial charge on any atom is -0.144 e. The predicted molar refractivity (Wildman–Crippen MR) is 52.4 cm³/mol. The molecule has 0 aliphatic carbocycles. The largest absolute Gasteiger partial charge is 0.144 e. The fourth-order valence-corrected chi connectivity index (χ4v) is 1.63. The molecule has 1 aromatic rings. The van der Waals surface area contributed by atoms with Crippen LogP contribution in [0.15, 0.2) is 0 Å². The predicted octanol–water partition coefficient (Wildman–Crippen LogP) is 2.83. The van der Waals surface area contributed by atoms with Gasteiger partial charge in [0.05, 0.1) is 0 Å². The highest BCUT2D eigenvalue weighted by molar-refractivity contribution is 7.11. The topological polar surface area (TPSA) is 25.8 Å². The molecule has 0 aliphatic rings. The molecule has 0 atom stereocenters. The van der Waals surface area contributed by atoms with Gasteiger partial charge in [0, 0.05) is 6.42 Å². The number of nitrogens with zero attached hydrogens (tertiary/aromatic N) is 2. The van der Waals surface area contributed by atoms with Crippen molar-refractivity contribution in [1.29, 1.82) is 0 Å². The third-order valence-corrected chi connectivity index (χ3v) is 2.56. The Morgan fingerprint density at radius 3 is 2.33 bits per heavy atom. The van der Waals surface area contributed by atoms with Crippen LogP contribution in [0.1, 0.15) is 37.2 Å². The SMILES string of the molecule is Cc1nnc(CCC(C)(C)C)s1. The minimum absolute atomic E-state index is 0.402. The maximum absolute atomic E-state index is 4.09. The lowest BCUT2D eigenvalue weighted by atomic mass is 9.91. The summed E-state index contributed by atoms with van der Waals surface area (Å²) in [5, 5.41) is 10.3. The first-order valence-electron chi connectivity index (χ1n) is 4.26. The Hall–Kier alpha value is -0.440. The Kier molecular flexibility index (Phi) is 2.83. The van der Waals surface area contributed by atoms with E-state index in [-0.39, 0.29) is 0 Å². The van der Waals surface area contributed by atoms with Gasteiger partial charge in [-0.25, -0.2) is 0 Å². The molecular formula is C9H16N2S. The van der Waals surface area contributed by atoms with E-state index in [1.807, 2.05) is 6.92 Å². The van der Waals surface area contributed by atoms with Crippen molar-refractivity contribution in [2.45, 2.75) is 40.5 Å². The van der Waals surface area contributed by atoms with Crippen molar-refractivity contribution >= 4 is 11.3 Å². The third-order valence-electron chi connectivity index (χ3n) is 1.66. The van der Waals surface area contributed by atoms with Gasteiger partial charge in [-0.2, -0.15) is 0 Å². The normalized spacial score (nSPS) is 12.0. The average Bonchev–Trinajstić information content (AvgIpc) is 2.30. The van der Waals surface area contributed by atoms with Gasteiger partial charge in [-0.15, -0.1) is 21.5 Å². The summed E-state index contributed by atoms with van der Waals surface area (Å²) < 4.78 is 0. The van der Waals surface area contributed by atoms with Crippen molar-refractivity contribution in [2.24, 2.45) is 5.41 Å². The quantitative estimate of drug-likeness (QED) is 0.706. The van der Waals surface area contributed by atoms with Crippen LogP contribution in [0.2, 0.25) is 0 Å². The monoisotopic (exact) mass is 184 g/mol. The van der Waals surface area contributed by atoms with Gasteiger partial charge in [-0.3, -0.25) is 0 Å². The molecule has 0 bridgehead atoms. The second kappa shape index (κ2) is 3.52. The Labute approximate surface area is 78.0 Å². The molecule has 68 valence electrons. The van der Waals surface area contributed by atoms with E-state index in [1.54, 1.807) is 11.3 Å². The average molecular weight is 184 g/mol. The summed E-state index contributed by atoms with van der Waals surface area (Å²) in [4.78, 5) is 0. The van der Waals surface area contributed by atoms with E-state index in [4.69, 9.17) is 0 Å². The van der Waals surface area contributed by atoms with E-state index in [2.05, 4.69) is 31.0 Å². The summed E-state index contributed by atoms with van der Waals surface area (Å²) in [5.74, 6) is 0. The van der Waals surface area contributed by atoms with Gasteiger partial charge < -0.3 is 0 Å². The Morgan fingerprint density at radius 2 is 1.92 bits per heavy atom. The summed E-state index contributed by atoms with van der Waals surface area (Å²) >= 11 is 1.71. The van der Waals surface area contributed by atoms with Gasteiger partial charge in [0.2, 0.25) is 0 Å². The highest BCUT2D eigenvalue weighted by Crippen LogP contribution is 2.22. The van der Waals surface area contributed by atoms with Crippen molar-refractivity contribution in [3.05, 3.63) is 10.0 Å². The maximum Gasteiger partial charge on any atom is 0.117 e. The lowest BCUT2D eigenvalue weighted by Crippen LogP contribution is -2.06. The number of hydrogen-bond donors (Lipinski definition) is 0. The van der Waals surface area contributed by atoms with E-state index < -0.39 is 0 Å². The summed E-state index contributed by atoms with van der Waals surface area (Å²) in [5.41, 5.74) is 0.402. The van der Waals surface area contributed by atoms with Gasteiger partial charge in [-0.1, -0.05) is 20.8 Å². The van der Waals surface area contributed by atoms with Gasteiger partial charge in [-0.05, 0) is 18.8 Å². The molecule has 3 heteroatoms. The molecule has 0 aliphatic heterocycles. The molecule has 12 heavy (non-hydrogen) atoms. The molecular weight excluding hydrogens is 168 g/mol. The molecule has 0 radical (unpaired) electrons. The van der Waals surface area contributed by atoms with Crippen LogP contribution in [0.3, 0.4) is 0 Å². The number of rotatable bonds is 2. The fraction of sp³-hybridized carbons (Fsp3) is 0.778. The lowest BCUT2D eigenvalue weighted by molar-refractivity contribution is 0.377. The minimum atomic E-state index is 0.402. The van der Waals surface area contributed by atoms with Gasteiger partial charge in [0.1, 0.15) is 10.0 Å². The van der Waals surface area contributed by atoms with E-state index in [9.17, 15) is 0 Å². The van der Waals surface area contributed by atoms with Crippen molar-refractivity contribution in [1.82, 2.24) is 10.2 Å². The zero-order valence-electron chi connectivity index (χ0n) is 8.22. The zero-order valence-corrected chi connectivity index (χ0v) is 9.03. The van der Waals surface area contributed by atoms with Crippen molar-refractivity contribution in [3.8, 4) is 0 Å². The van der Waals surface area contributed by atoms with Gasteiger partial charge >= 0.3 is 0 Å². The van der Waals surface area contributed by atoms with Crippen molar-refractivity contribution in [3.63, 3.8) is 0 Å². The van der Waals surface area contributed by atoms with E-state index in [0.717, 1.165) is 11.4 Å². The molecule has 2 nitrogen and oxygen atoms in total. The van der Waals surface area contributed by atoms with Crippen LogP contribution < -0.4 is 0 Å². The molecule has 0 saturated heterocycles. The van der Waals surface area contributed by atoms with Crippen molar-refractivity contribution in [2.75, 3.05) is 0 Å². The highest BCUT2D eigenvalue weighted by atomic mass is 32.1. The van der Waals surface area contributed by atoms with Crippen LogP contribution in [-0.4, -0.2) is 10.2 Å². The van der Waals surface area contributed by atoms with Crippen LogP contribution >= 0.6 is 11.3 Å². The molecule has 0 unspecified atom stereocenters. The van der Waals surface area contributed by atoms with Gasteiger partial charge in [0.15, 0.2) is 0 Å². The van der Waals surface area contributed by atoms with Crippen LogP contribution in [-0.2, 0) is 6.42 Å². The number of aryl methyl sites for hydroxylation is 2. The maximum atomic E-state index is 4.09. The van der Waals surface area contributed by atoms with Crippen LogP contribution in [0.5, 0.6) is 0 Å². The zero-order chi connectivity index (χ0) is 9.19. The summed E-state index contributed by atoms with van der Waals surface area (Å²) in [6.07, 6.45) is 2.25. The lowest BCUT2D eigenvalue weighted by Gasteiger charge is -2.16. The molecule has 0 N–H and O–H groups in total. The van der Waals surface area contributed by atoms with Crippen LogP contribution in [0.4, 0.5) is 0 Å². The molecule has 0 saturated carbocycles. The Balaban J connectivity index is 2.44. The van der Waals surface area contributed by atoms with E-state index in [0.29, 0.717) is 5.41 Å². The van der Waals surface area contributed by atoms with Crippen LogP contribution in [0, 0.1) is 12.3 Å². The number of hydrogen-bond acceptors (Lipinski definition) is 3. The van der Waals surface area contributed by atoms with E-state index in [1.165, 1.54) is 11.4 Å². The molecule has 0 spiro atoms. The molecule has 1 rings (SSSR count). The highest BCUT2D eigenvalue weighted by Gasteiger charge is 2.11. The molecule has 1 heterocycles. The summed E-state index contributed by atoms with van der Waals surface area (Å²) in [6, 6.07) is 0. The first kappa shape index (κ1) is 9.65. The molecule has 0 aromatic carbocycles. The summed E-state index contributed by atoms with van der Waals surface area (Å²) in [7, 11) is 0. The molecule has 0 fully saturated rings. The first-order valence-corrected chi connectivity index (χ1v) is 5.08.